The zero-order chi connectivity index (χ0) is 8.39. The van der Waals surface area contributed by atoms with Gasteiger partial charge in [0.05, 0.1) is 11.7 Å². The van der Waals surface area contributed by atoms with Gasteiger partial charge in [0.15, 0.2) is 0 Å². The third-order valence-corrected chi connectivity index (χ3v) is 2.68. The van der Waals surface area contributed by atoms with Crippen LogP contribution in [0.2, 0.25) is 0 Å². The van der Waals surface area contributed by atoms with E-state index in [1.54, 1.807) is 0 Å². The van der Waals surface area contributed by atoms with Crippen molar-refractivity contribution in [2.75, 3.05) is 5.75 Å². The Morgan fingerprint density at radius 1 is 1.50 bits per heavy atom. The smallest absolute Gasteiger partial charge is 0.0786 e. The number of thioether (sulfide) groups is 1. The van der Waals surface area contributed by atoms with Gasteiger partial charge in [0.2, 0.25) is 0 Å². The Morgan fingerprint density at radius 3 is 3.25 bits per heavy atom. The molecule has 0 fully saturated rings. The summed E-state index contributed by atoms with van der Waals surface area (Å²) in [5, 5.41) is 8.20. The molecule has 0 aliphatic heterocycles. The fourth-order valence-electron chi connectivity index (χ4n) is 1.22. The van der Waals surface area contributed by atoms with Crippen LogP contribution < -0.4 is 0 Å². The highest BCUT2D eigenvalue weighted by Crippen LogP contribution is 2.25. The number of para-hydroxylation sites is 1. The Bertz CT molecular complexity index is 381. The van der Waals surface area contributed by atoms with Crippen LogP contribution in [0.15, 0.2) is 29.3 Å². The van der Waals surface area contributed by atoms with E-state index in [9.17, 15) is 0 Å². The molecule has 3 heteroatoms. The van der Waals surface area contributed by atoms with Gasteiger partial charge in [-0.1, -0.05) is 19.1 Å². The molecular formula is C9H10N2S. The topological polar surface area (TPSA) is 28.7 Å². The Morgan fingerprint density at radius 2 is 2.42 bits per heavy atom. The van der Waals surface area contributed by atoms with Crippen molar-refractivity contribution in [1.29, 1.82) is 0 Å². The molecule has 0 radical (unpaired) electrons. The number of nitrogens with zero attached hydrogens (tertiary/aromatic N) is 1. The molecule has 0 saturated heterocycles. The van der Waals surface area contributed by atoms with Crippen LogP contribution >= 0.6 is 11.8 Å². The first-order valence-electron chi connectivity index (χ1n) is 3.96. The Balaban J connectivity index is 2.57. The summed E-state index contributed by atoms with van der Waals surface area (Å²) in [4.78, 5) is 1.28. The lowest BCUT2D eigenvalue weighted by molar-refractivity contribution is 1.11. The highest BCUT2D eigenvalue weighted by molar-refractivity contribution is 7.99. The van der Waals surface area contributed by atoms with E-state index in [2.05, 4.69) is 35.3 Å². The van der Waals surface area contributed by atoms with E-state index in [-0.39, 0.29) is 0 Å². The number of benzene rings is 1. The van der Waals surface area contributed by atoms with Gasteiger partial charge in [0.1, 0.15) is 0 Å². The monoisotopic (exact) mass is 178 g/mol. The second kappa shape index (κ2) is 3.19. The van der Waals surface area contributed by atoms with Crippen molar-refractivity contribution in [1.82, 2.24) is 10.2 Å². The number of aromatic amines is 1. The largest absolute Gasteiger partial charge is 0.277 e. The van der Waals surface area contributed by atoms with E-state index < -0.39 is 0 Å². The first-order chi connectivity index (χ1) is 5.92. The van der Waals surface area contributed by atoms with Crippen LogP contribution in [0.5, 0.6) is 0 Å². The number of fused-ring (bicyclic) bond motifs is 1. The number of hydrogen-bond donors (Lipinski definition) is 1. The maximum atomic E-state index is 4.01. The number of H-pyrrole nitrogens is 1. The zero-order valence-electron chi connectivity index (χ0n) is 6.87. The maximum absolute atomic E-state index is 4.01. The minimum Gasteiger partial charge on any atom is -0.277 e. The molecule has 2 rings (SSSR count). The van der Waals surface area contributed by atoms with Gasteiger partial charge in [0, 0.05) is 10.3 Å². The number of nitrogens with one attached hydrogen (secondary N) is 1. The van der Waals surface area contributed by atoms with E-state index in [4.69, 9.17) is 0 Å². The minimum absolute atomic E-state index is 1.10. The summed E-state index contributed by atoms with van der Waals surface area (Å²) in [5.41, 5.74) is 1.16. The molecule has 0 aliphatic carbocycles. The van der Waals surface area contributed by atoms with Crippen molar-refractivity contribution < 1.29 is 0 Å². The highest BCUT2D eigenvalue weighted by Gasteiger charge is 2.00. The van der Waals surface area contributed by atoms with Gasteiger partial charge < -0.3 is 0 Å². The van der Waals surface area contributed by atoms with Crippen LogP contribution in [-0.4, -0.2) is 16.0 Å². The van der Waals surface area contributed by atoms with Gasteiger partial charge >= 0.3 is 0 Å². The Hall–Kier alpha value is -0.960. The molecule has 1 N–H and O–H groups in total. The first-order valence-corrected chi connectivity index (χ1v) is 4.95. The van der Waals surface area contributed by atoms with Crippen LogP contribution in [-0.2, 0) is 0 Å². The standard InChI is InChI=1S/C9H10N2S/c1-2-12-8-5-3-4-7-6-10-11-9(7)8/h3-6H,2H2,1H3,(H,10,11). The van der Waals surface area contributed by atoms with Crippen molar-refractivity contribution in [2.24, 2.45) is 0 Å². The van der Waals surface area contributed by atoms with Crippen LogP contribution in [0.25, 0.3) is 10.9 Å². The molecule has 0 atom stereocenters. The van der Waals surface area contributed by atoms with E-state index >= 15 is 0 Å². The molecule has 0 bridgehead atoms. The van der Waals surface area contributed by atoms with Crippen molar-refractivity contribution >= 4 is 22.7 Å². The Kier molecular flexibility index (Phi) is 2.04. The number of aromatic nitrogens is 2. The molecule has 1 heterocycles. The normalized spacial score (nSPS) is 10.8. The van der Waals surface area contributed by atoms with Crippen LogP contribution in [0.1, 0.15) is 6.92 Å². The molecular weight excluding hydrogens is 168 g/mol. The molecule has 1 aromatic carbocycles. The fourth-order valence-corrected chi connectivity index (χ4v) is 2.01. The summed E-state index contributed by atoms with van der Waals surface area (Å²) < 4.78 is 0. The fraction of sp³-hybridized carbons (Fsp3) is 0.222. The summed E-state index contributed by atoms with van der Waals surface area (Å²) in [6.07, 6.45) is 1.86. The second-order valence-electron chi connectivity index (χ2n) is 2.52. The van der Waals surface area contributed by atoms with Crippen LogP contribution in [0.3, 0.4) is 0 Å². The predicted molar refractivity (Wildman–Crippen MR) is 52.5 cm³/mol. The molecule has 0 spiro atoms. The average molecular weight is 178 g/mol. The van der Waals surface area contributed by atoms with E-state index in [0.717, 1.165) is 11.3 Å². The molecule has 0 amide bonds. The molecule has 2 aromatic rings. The summed E-state index contributed by atoms with van der Waals surface area (Å²) in [7, 11) is 0. The lowest BCUT2D eigenvalue weighted by Crippen LogP contribution is -1.76. The van der Waals surface area contributed by atoms with Gasteiger partial charge in [-0.15, -0.1) is 11.8 Å². The molecule has 1 aromatic heterocycles. The number of hydrogen-bond acceptors (Lipinski definition) is 2. The molecule has 2 nitrogen and oxygen atoms in total. The zero-order valence-corrected chi connectivity index (χ0v) is 7.69. The summed E-state index contributed by atoms with van der Waals surface area (Å²) in [6.45, 7) is 2.15. The molecule has 0 unspecified atom stereocenters. The molecule has 62 valence electrons. The van der Waals surface area contributed by atoms with Crippen LogP contribution in [0.4, 0.5) is 0 Å². The van der Waals surface area contributed by atoms with Gasteiger partial charge in [0.25, 0.3) is 0 Å². The van der Waals surface area contributed by atoms with Crippen LogP contribution in [0, 0.1) is 0 Å². The minimum atomic E-state index is 1.10. The summed E-state index contributed by atoms with van der Waals surface area (Å²) in [6, 6.07) is 6.25. The van der Waals surface area contributed by atoms with Crippen molar-refractivity contribution in [3.05, 3.63) is 24.4 Å². The predicted octanol–water partition coefficient (Wildman–Crippen LogP) is 2.67. The van der Waals surface area contributed by atoms with Gasteiger partial charge in [-0.25, -0.2) is 0 Å². The maximum Gasteiger partial charge on any atom is 0.0786 e. The molecule has 12 heavy (non-hydrogen) atoms. The average Bonchev–Trinajstić information content (AvgIpc) is 2.53. The van der Waals surface area contributed by atoms with Gasteiger partial charge in [-0.05, 0) is 11.8 Å². The lowest BCUT2D eigenvalue weighted by atomic mass is 10.3. The van der Waals surface area contributed by atoms with Gasteiger partial charge in [-0.3, -0.25) is 5.10 Å². The SMILES string of the molecule is CCSc1cccc2cn[nH]c12. The lowest BCUT2D eigenvalue weighted by Gasteiger charge is -1.98. The second-order valence-corrected chi connectivity index (χ2v) is 3.83. The quantitative estimate of drug-likeness (QED) is 0.716. The van der Waals surface area contributed by atoms with Crippen molar-refractivity contribution in [2.45, 2.75) is 11.8 Å². The third kappa shape index (κ3) is 1.20. The highest BCUT2D eigenvalue weighted by atomic mass is 32.2. The first kappa shape index (κ1) is 7.68. The Labute approximate surface area is 75.4 Å². The van der Waals surface area contributed by atoms with E-state index in [1.807, 2.05) is 18.0 Å². The summed E-state index contributed by atoms with van der Waals surface area (Å²) in [5.74, 6) is 1.10. The van der Waals surface area contributed by atoms with Gasteiger partial charge in [-0.2, -0.15) is 5.10 Å². The summed E-state index contributed by atoms with van der Waals surface area (Å²) >= 11 is 1.84. The van der Waals surface area contributed by atoms with Crippen molar-refractivity contribution in [3.8, 4) is 0 Å². The van der Waals surface area contributed by atoms with Crippen molar-refractivity contribution in [3.63, 3.8) is 0 Å². The van der Waals surface area contributed by atoms with E-state index in [1.165, 1.54) is 10.3 Å². The molecule has 0 saturated carbocycles. The van der Waals surface area contributed by atoms with E-state index in [0.29, 0.717) is 0 Å². The third-order valence-electron chi connectivity index (χ3n) is 1.74. The molecule has 0 aliphatic rings. The number of rotatable bonds is 2.